The van der Waals surface area contributed by atoms with E-state index >= 15 is 0 Å². The van der Waals surface area contributed by atoms with E-state index in [9.17, 15) is 4.79 Å². The molecule has 9 nitrogen and oxygen atoms in total. The predicted molar refractivity (Wildman–Crippen MR) is 90.5 cm³/mol. The summed E-state index contributed by atoms with van der Waals surface area (Å²) in [5.41, 5.74) is 3.72. The van der Waals surface area contributed by atoms with Crippen LogP contribution in [0.5, 0.6) is 0 Å². The number of fused-ring (bicyclic) bond motifs is 1. The van der Waals surface area contributed by atoms with E-state index in [1.165, 1.54) is 6.33 Å². The standard InChI is InChI=1S/C16H19N7O2/c1-8-9(2)19-14-12(8)15(18-7-17-14)20-16(24)13-10(3)23(22-21-13)11-4-5-25-6-11/h7,11H,4-6H2,1-3H3,(H2,17,18,19,20,24). The number of hydrogen-bond acceptors (Lipinski definition) is 6. The maximum atomic E-state index is 12.7. The number of nitrogens with one attached hydrogen (secondary N) is 2. The van der Waals surface area contributed by atoms with Crippen molar-refractivity contribution >= 4 is 22.8 Å². The molecule has 3 aromatic rings. The first-order chi connectivity index (χ1) is 12.1. The van der Waals surface area contributed by atoms with Gasteiger partial charge in [0.05, 0.1) is 23.7 Å². The number of hydrogen-bond donors (Lipinski definition) is 2. The molecule has 0 bridgehead atoms. The van der Waals surface area contributed by atoms with Crippen molar-refractivity contribution in [3.8, 4) is 0 Å². The second-order valence-corrected chi connectivity index (χ2v) is 6.26. The van der Waals surface area contributed by atoms with Crippen molar-refractivity contribution in [2.75, 3.05) is 18.5 Å². The fraction of sp³-hybridized carbons (Fsp3) is 0.438. The van der Waals surface area contributed by atoms with Gasteiger partial charge < -0.3 is 15.0 Å². The lowest BCUT2D eigenvalue weighted by molar-refractivity contribution is 0.102. The number of aromatic amines is 1. The van der Waals surface area contributed by atoms with Crippen molar-refractivity contribution < 1.29 is 9.53 Å². The summed E-state index contributed by atoms with van der Waals surface area (Å²) in [4.78, 5) is 24.3. The Hall–Kier alpha value is -2.81. The second-order valence-electron chi connectivity index (χ2n) is 6.26. The van der Waals surface area contributed by atoms with Crippen LogP contribution in [0.3, 0.4) is 0 Å². The number of aromatic nitrogens is 6. The molecule has 1 fully saturated rings. The monoisotopic (exact) mass is 341 g/mol. The molecule has 0 aliphatic carbocycles. The largest absolute Gasteiger partial charge is 0.379 e. The van der Waals surface area contributed by atoms with Gasteiger partial charge in [-0.1, -0.05) is 5.21 Å². The summed E-state index contributed by atoms with van der Waals surface area (Å²) in [7, 11) is 0. The van der Waals surface area contributed by atoms with Crippen LogP contribution in [0.2, 0.25) is 0 Å². The van der Waals surface area contributed by atoms with Gasteiger partial charge in [0.2, 0.25) is 0 Å². The third-order valence-electron chi connectivity index (χ3n) is 4.72. The quantitative estimate of drug-likeness (QED) is 0.750. The number of carbonyl (C=O) groups excluding carboxylic acids is 1. The maximum Gasteiger partial charge on any atom is 0.279 e. The van der Waals surface area contributed by atoms with Crippen molar-refractivity contribution in [1.29, 1.82) is 0 Å². The minimum atomic E-state index is -0.332. The minimum absolute atomic E-state index is 0.134. The summed E-state index contributed by atoms with van der Waals surface area (Å²) in [5.74, 6) is 0.135. The zero-order chi connectivity index (χ0) is 17.6. The molecule has 25 heavy (non-hydrogen) atoms. The average Bonchev–Trinajstić information content (AvgIpc) is 3.29. The van der Waals surface area contributed by atoms with Gasteiger partial charge in [-0.3, -0.25) is 4.79 Å². The first-order valence-electron chi connectivity index (χ1n) is 8.17. The lowest BCUT2D eigenvalue weighted by Crippen LogP contribution is -2.17. The molecule has 0 spiro atoms. The summed E-state index contributed by atoms with van der Waals surface area (Å²) < 4.78 is 7.15. The summed E-state index contributed by atoms with van der Waals surface area (Å²) in [6, 6.07) is 0.134. The molecule has 0 saturated carbocycles. The number of H-pyrrole nitrogens is 1. The highest BCUT2D eigenvalue weighted by molar-refractivity contribution is 6.07. The van der Waals surface area contributed by atoms with Crippen LogP contribution in [0.1, 0.15) is 39.9 Å². The molecule has 1 unspecified atom stereocenters. The van der Waals surface area contributed by atoms with E-state index < -0.39 is 0 Å². The molecule has 0 aromatic carbocycles. The summed E-state index contributed by atoms with van der Waals surface area (Å²) in [6.07, 6.45) is 2.30. The lowest BCUT2D eigenvalue weighted by atomic mass is 10.2. The summed E-state index contributed by atoms with van der Waals surface area (Å²) in [6.45, 7) is 7.07. The Morgan fingerprint density at radius 3 is 2.96 bits per heavy atom. The van der Waals surface area contributed by atoms with Gasteiger partial charge >= 0.3 is 0 Å². The van der Waals surface area contributed by atoms with Gasteiger partial charge in [0.15, 0.2) is 5.69 Å². The fourth-order valence-corrected chi connectivity index (χ4v) is 3.17. The van der Waals surface area contributed by atoms with Crippen LogP contribution in [0.15, 0.2) is 6.33 Å². The Morgan fingerprint density at radius 1 is 1.36 bits per heavy atom. The number of rotatable bonds is 3. The Balaban J connectivity index is 1.65. The highest BCUT2D eigenvalue weighted by atomic mass is 16.5. The molecule has 4 heterocycles. The number of aryl methyl sites for hydroxylation is 2. The molecule has 1 atom stereocenters. The lowest BCUT2D eigenvalue weighted by Gasteiger charge is -2.09. The Bertz CT molecular complexity index is 953. The molecule has 3 aromatic heterocycles. The van der Waals surface area contributed by atoms with E-state index in [-0.39, 0.29) is 11.9 Å². The zero-order valence-corrected chi connectivity index (χ0v) is 14.3. The topological polar surface area (TPSA) is 111 Å². The molecule has 0 radical (unpaired) electrons. The predicted octanol–water partition coefficient (Wildman–Crippen LogP) is 1.69. The van der Waals surface area contributed by atoms with Crippen LogP contribution < -0.4 is 5.32 Å². The highest BCUT2D eigenvalue weighted by Gasteiger charge is 2.25. The smallest absolute Gasteiger partial charge is 0.279 e. The Kier molecular flexibility index (Phi) is 3.72. The molecule has 130 valence electrons. The van der Waals surface area contributed by atoms with Gasteiger partial charge in [0.1, 0.15) is 17.8 Å². The molecule has 1 amide bonds. The van der Waals surface area contributed by atoms with Gasteiger partial charge in [-0.2, -0.15) is 0 Å². The van der Waals surface area contributed by atoms with E-state index in [0.29, 0.717) is 30.4 Å². The van der Waals surface area contributed by atoms with Crippen molar-refractivity contribution in [2.24, 2.45) is 0 Å². The molecule has 1 aliphatic rings. The number of nitrogens with zero attached hydrogens (tertiary/aromatic N) is 5. The summed E-state index contributed by atoms with van der Waals surface area (Å²) in [5, 5.41) is 11.8. The van der Waals surface area contributed by atoms with Crippen molar-refractivity contribution in [2.45, 2.75) is 33.2 Å². The summed E-state index contributed by atoms with van der Waals surface area (Å²) >= 11 is 0. The molecular weight excluding hydrogens is 322 g/mol. The van der Waals surface area contributed by atoms with Crippen LogP contribution in [-0.4, -0.2) is 49.1 Å². The van der Waals surface area contributed by atoms with Crippen LogP contribution in [0.25, 0.3) is 11.0 Å². The van der Waals surface area contributed by atoms with Crippen molar-refractivity contribution in [3.05, 3.63) is 29.0 Å². The normalized spacial score (nSPS) is 17.3. The first-order valence-corrected chi connectivity index (χ1v) is 8.17. The van der Waals surface area contributed by atoms with E-state index in [1.54, 1.807) is 4.68 Å². The van der Waals surface area contributed by atoms with Crippen molar-refractivity contribution in [1.82, 2.24) is 29.9 Å². The number of amides is 1. The maximum absolute atomic E-state index is 12.7. The van der Waals surface area contributed by atoms with E-state index in [1.807, 2.05) is 20.8 Å². The minimum Gasteiger partial charge on any atom is -0.379 e. The third kappa shape index (κ3) is 2.56. The molecule has 1 saturated heterocycles. The zero-order valence-electron chi connectivity index (χ0n) is 14.3. The van der Waals surface area contributed by atoms with Crippen molar-refractivity contribution in [3.63, 3.8) is 0 Å². The van der Waals surface area contributed by atoms with Crippen LogP contribution >= 0.6 is 0 Å². The van der Waals surface area contributed by atoms with E-state index in [0.717, 1.165) is 28.8 Å². The molecule has 1 aliphatic heterocycles. The van der Waals surface area contributed by atoms with Gasteiger partial charge in [-0.15, -0.1) is 5.10 Å². The molecule has 4 rings (SSSR count). The van der Waals surface area contributed by atoms with Gasteiger partial charge in [-0.25, -0.2) is 14.6 Å². The number of ether oxygens (including phenoxy) is 1. The second kappa shape index (κ2) is 5.92. The van der Waals surface area contributed by atoms with Gasteiger partial charge in [-0.05, 0) is 32.8 Å². The third-order valence-corrected chi connectivity index (χ3v) is 4.72. The van der Waals surface area contributed by atoms with Crippen LogP contribution in [-0.2, 0) is 4.74 Å². The Labute approximate surface area is 143 Å². The average molecular weight is 341 g/mol. The molecule has 9 heteroatoms. The number of carbonyl (C=O) groups is 1. The van der Waals surface area contributed by atoms with Crippen LogP contribution in [0, 0.1) is 20.8 Å². The van der Waals surface area contributed by atoms with Crippen LogP contribution in [0.4, 0.5) is 5.82 Å². The fourth-order valence-electron chi connectivity index (χ4n) is 3.17. The molecule has 2 N–H and O–H groups in total. The van der Waals surface area contributed by atoms with Gasteiger partial charge in [0.25, 0.3) is 5.91 Å². The van der Waals surface area contributed by atoms with E-state index in [4.69, 9.17) is 4.74 Å². The van der Waals surface area contributed by atoms with Gasteiger partial charge in [0, 0.05) is 12.3 Å². The first kappa shape index (κ1) is 15.7. The SMILES string of the molecule is Cc1[nH]c2ncnc(NC(=O)c3nnn(C4CCOC4)c3C)c2c1C. The van der Waals surface area contributed by atoms with E-state index in [2.05, 4.69) is 30.6 Å². The Morgan fingerprint density at radius 2 is 2.20 bits per heavy atom. The molecular formula is C16H19N7O2. The highest BCUT2D eigenvalue weighted by Crippen LogP contribution is 2.26. The number of anilines is 1.